The molecular formula is C29H29ClN4O5. The van der Waals surface area contributed by atoms with Crippen LogP contribution in [0.5, 0.6) is 11.5 Å². The van der Waals surface area contributed by atoms with Crippen molar-refractivity contribution in [3.05, 3.63) is 89.6 Å². The topological polar surface area (TPSA) is 94.9 Å². The summed E-state index contributed by atoms with van der Waals surface area (Å²) in [4.78, 5) is 32.5. The first-order valence-corrected chi connectivity index (χ1v) is 12.5. The SMILES string of the molecule is COCCN(CC(=O)Nc1nc(-c2ccc(Cl)cc2)cn1-c1ccc(OC)c(OC)c1)C(=O)c1ccccc1. The summed E-state index contributed by atoms with van der Waals surface area (Å²) in [6, 6.07) is 21.4. The summed E-state index contributed by atoms with van der Waals surface area (Å²) < 4.78 is 17.7. The predicted octanol–water partition coefficient (Wildman–Crippen LogP) is 4.94. The Morgan fingerprint density at radius 2 is 1.67 bits per heavy atom. The van der Waals surface area contributed by atoms with Crippen molar-refractivity contribution < 1.29 is 23.8 Å². The zero-order valence-electron chi connectivity index (χ0n) is 21.9. The minimum Gasteiger partial charge on any atom is -0.493 e. The molecule has 4 aromatic rings. The van der Waals surface area contributed by atoms with E-state index in [0.717, 1.165) is 5.56 Å². The number of nitrogens with zero attached hydrogens (tertiary/aromatic N) is 3. The molecule has 3 aromatic carbocycles. The van der Waals surface area contributed by atoms with Gasteiger partial charge >= 0.3 is 0 Å². The number of amides is 2. The van der Waals surface area contributed by atoms with Crippen molar-refractivity contribution in [3.8, 4) is 28.4 Å². The molecule has 0 atom stereocenters. The van der Waals surface area contributed by atoms with E-state index in [1.165, 1.54) is 4.90 Å². The third-order valence-corrected chi connectivity index (χ3v) is 6.20. The summed E-state index contributed by atoms with van der Waals surface area (Å²) in [6.07, 6.45) is 1.80. The highest BCUT2D eigenvalue weighted by Crippen LogP contribution is 2.32. The van der Waals surface area contributed by atoms with Gasteiger partial charge in [0, 0.05) is 42.1 Å². The van der Waals surface area contributed by atoms with Gasteiger partial charge in [0.25, 0.3) is 5.91 Å². The van der Waals surface area contributed by atoms with Crippen LogP contribution >= 0.6 is 11.6 Å². The maximum Gasteiger partial charge on any atom is 0.254 e. The molecule has 0 aliphatic rings. The van der Waals surface area contributed by atoms with Gasteiger partial charge in [-0.2, -0.15) is 0 Å². The molecule has 0 bridgehead atoms. The number of imidazole rings is 1. The van der Waals surface area contributed by atoms with Crippen LogP contribution in [-0.2, 0) is 9.53 Å². The maximum atomic E-state index is 13.3. The van der Waals surface area contributed by atoms with Crippen LogP contribution in [0.1, 0.15) is 10.4 Å². The minimum absolute atomic E-state index is 0.188. The largest absolute Gasteiger partial charge is 0.493 e. The second-order valence-electron chi connectivity index (χ2n) is 8.50. The van der Waals surface area contributed by atoms with Crippen molar-refractivity contribution in [3.63, 3.8) is 0 Å². The number of benzene rings is 3. The first-order chi connectivity index (χ1) is 18.9. The highest BCUT2D eigenvalue weighted by molar-refractivity contribution is 6.30. The standard InChI is InChI=1S/C29H29ClN4O5/c1-37-16-15-33(28(36)21-7-5-4-6-8-21)19-27(35)32-29-31-24(20-9-11-22(30)12-10-20)18-34(29)23-13-14-25(38-2)26(17-23)39-3/h4-14,17-18H,15-16,19H2,1-3H3,(H,31,32,35). The summed E-state index contributed by atoms with van der Waals surface area (Å²) in [5, 5.41) is 3.47. The van der Waals surface area contributed by atoms with Crippen molar-refractivity contribution in [1.29, 1.82) is 0 Å². The number of nitrogens with one attached hydrogen (secondary N) is 1. The van der Waals surface area contributed by atoms with E-state index >= 15 is 0 Å². The predicted molar refractivity (Wildman–Crippen MR) is 150 cm³/mol. The van der Waals surface area contributed by atoms with Crippen LogP contribution in [0.25, 0.3) is 16.9 Å². The third-order valence-electron chi connectivity index (χ3n) is 5.95. The molecule has 39 heavy (non-hydrogen) atoms. The number of halogens is 1. The molecular weight excluding hydrogens is 520 g/mol. The van der Waals surface area contributed by atoms with Gasteiger partial charge in [-0.1, -0.05) is 41.9 Å². The molecule has 0 aliphatic heterocycles. The molecule has 1 N–H and O–H groups in total. The molecule has 1 heterocycles. The third kappa shape index (κ3) is 6.76. The van der Waals surface area contributed by atoms with E-state index in [1.807, 2.05) is 24.3 Å². The molecule has 10 heteroatoms. The summed E-state index contributed by atoms with van der Waals surface area (Å²) in [6.45, 7) is 0.344. The monoisotopic (exact) mass is 548 g/mol. The molecule has 9 nitrogen and oxygen atoms in total. The van der Waals surface area contributed by atoms with E-state index in [9.17, 15) is 9.59 Å². The summed E-state index contributed by atoms with van der Waals surface area (Å²) in [5.74, 6) is 0.681. The van der Waals surface area contributed by atoms with Crippen LogP contribution in [0.4, 0.5) is 5.95 Å². The highest BCUT2D eigenvalue weighted by atomic mass is 35.5. The average Bonchev–Trinajstić information content (AvgIpc) is 3.38. The van der Waals surface area contributed by atoms with Crippen LogP contribution in [-0.4, -0.2) is 67.3 Å². The molecule has 0 aliphatic carbocycles. The van der Waals surface area contributed by atoms with Gasteiger partial charge in [-0.15, -0.1) is 0 Å². The lowest BCUT2D eigenvalue weighted by Crippen LogP contribution is -2.40. The quantitative estimate of drug-likeness (QED) is 0.285. The zero-order chi connectivity index (χ0) is 27.8. The lowest BCUT2D eigenvalue weighted by Gasteiger charge is -2.22. The van der Waals surface area contributed by atoms with Gasteiger partial charge < -0.3 is 19.1 Å². The smallest absolute Gasteiger partial charge is 0.254 e. The summed E-state index contributed by atoms with van der Waals surface area (Å²) in [5.41, 5.74) is 2.61. The molecule has 202 valence electrons. The highest BCUT2D eigenvalue weighted by Gasteiger charge is 2.21. The fraction of sp³-hybridized carbons (Fsp3) is 0.207. The molecule has 0 saturated heterocycles. The summed E-state index contributed by atoms with van der Waals surface area (Å²) in [7, 11) is 4.66. The molecule has 4 rings (SSSR count). The average molecular weight is 549 g/mol. The van der Waals surface area contributed by atoms with E-state index < -0.39 is 5.91 Å². The molecule has 0 saturated carbocycles. The molecule has 0 unspecified atom stereocenters. The van der Waals surface area contributed by atoms with Gasteiger partial charge in [0.1, 0.15) is 6.54 Å². The number of carbonyl (C=O) groups excluding carboxylic acids is 2. The fourth-order valence-electron chi connectivity index (χ4n) is 3.95. The van der Waals surface area contributed by atoms with Gasteiger partial charge in [-0.3, -0.25) is 19.5 Å². The second-order valence-corrected chi connectivity index (χ2v) is 8.94. The van der Waals surface area contributed by atoms with Crippen LogP contribution in [0.3, 0.4) is 0 Å². The van der Waals surface area contributed by atoms with Gasteiger partial charge in [-0.05, 0) is 36.4 Å². The Labute approximate surface area is 231 Å². The normalized spacial score (nSPS) is 10.7. The van der Waals surface area contributed by atoms with E-state index in [2.05, 4.69) is 10.3 Å². The maximum absolute atomic E-state index is 13.3. The number of carbonyl (C=O) groups is 2. The van der Waals surface area contributed by atoms with Crippen molar-refractivity contribution in [2.45, 2.75) is 0 Å². The molecule has 2 amide bonds. The van der Waals surface area contributed by atoms with Gasteiger partial charge in [-0.25, -0.2) is 4.98 Å². The van der Waals surface area contributed by atoms with Crippen molar-refractivity contribution >= 4 is 29.4 Å². The Hall–Kier alpha value is -4.34. The van der Waals surface area contributed by atoms with Crippen molar-refractivity contribution in [1.82, 2.24) is 14.5 Å². The molecule has 0 radical (unpaired) electrons. The molecule has 0 fully saturated rings. The van der Waals surface area contributed by atoms with Crippen LogP contribution < -0.4 is 14.8 Å². The second kappa shape index (κ2) is 12.9. The van der Waals surface area contributed by atoms with Gasteiger partial charge in [0.2, 0.25) is 11.9 Å². The Morgan fingerprint density at radius 1 is 0.949 bits per heavy atom. The number of hydrogen-bond acceptors (Lipinski definition) is 6. The molecule has 0 spiro atoms. The Kier molecular flexibility index (Phi) is 9.19. The number of anilines is 1. The number of ether oxygens (including phenoxy) is 3. The fourth-order valence-corrected chi connectivity index (χ4v) is 4.08. The van der Waals surface area contributed by atoms with E-state index in [-0.39, 0.29) is 31.6 Å². The Bertz CT molecular complexity index is 1420. The van der Waals surface area contributed by atoms with Crippen LogP contribution in [0.15, 0.2) is 79.0 Å². The number of aromatic nitrogens is 2. The van der Waals surface area contributed by atoms with E-state index in [4.69, 9.17) is 25.8 Å². The molecule has 1 aromatic heterocycles. The minimum atomic E-state index is -0.412. The van der Waals surface area contributed by atoms with E-state index in [0.29, 0.717) is 33.5 Å². The number of rotatable bonds is 11. The van der Waals surface area contributed by atoms with Gasteiger partial charge in [0.15, 0.2) is 11.5 Å². The Balaban J connectivity index is 1.65. The summed E-state index contributed by atoms with van der Waals surface area (Å²) >= 11 is 6.07. The van der Waals surface area contributed by atoms with Crippen LogP contribution in [0, 0.1) is 0 Å². The van der Waals surface area contributed by atoms with Crippen molar-refractivity contribution in [2.24, 2.45) is 0 Å². The lowest BCUT2D eigenvalue weighted by molar-refractivity contribution is -0.117. The lowest BCUT2D eigenvalue weighted by atomic mass is 10.2. The number of methoxy groups -OCH3 is 3. The van der Waals surface area contributed by atoms with Gasteiger partial charge in [0.05, 0.1) is 32.2 Å². The Morgan fingerprint density at radius 3 is 2.33 bits per heavy atom. The first-order valence-electron chi connectivity index (χ1n) is 12.1. The zero-order valence-corrected chi connectivity index (χ0v) is 22.6. The number of hydrogen-bond donors (Lipinski definition) is 1. The van der Waals surface area contributed by atoms with Crippen LogP contribution in [0.2, 0.25) is 5.02 Å². The van der Waals surface area contributed by atoms with E-state index in [1.54, 1.807) is 80.6 Å². The van der Waals surface area contributed by atoms with Crippen molar-refractivity contribution in [2.75, 3.05) is 46.3 Å². The first kappa shape index (κ1) is 27.7.